The zero-order valence-corrected chi connectivity index (χ0v) is 13.3. The molecule has 1 N–H and O–H groups in total. The summed E-state index contributed by atoms with van der Waals surface area (Å²) >= 11 is 6.08. The van der Waals surface area contributed by atoms with Gasteiger partial charge in [0.15, 0.2) is 0 Å². The number of hydrogen-bond acceptors (Lipinski definition) is 3. The van der Waals surface area contributed by atoms with E-state index in [1.807, 2.05) is 31.6 Å². The van der Waals surface area contributed by atoms with Gasteiger partial charge < -0.3 is 5.32 Å². The fraction of sp³-hybridized carbons (Fsp3) is 0.500. The molecule has 6 nitrogen and oxygen atoms in total. The molecule has 1 amide bonds. The first kappa shape index (κ1) is 15.6. The lowest BCUT2D eigenvalue weighted by Gasteiger charge is -2.05. The lowest BCUT2D eigenvalue weighted by molar-refractivity contribution is -0.121. The van der Waals surface area contributed by atoms with Crippen molar-refractivity contribution in [2.75, 3.05) is 0 Å². The highest BCUT2D eigenvalue weighted by atomic mass is 35.5. The summed E-state index contributed by atoms with van der Waals surface area (Å²) in [6, 6.07) is 0. The smallest absolute Gasteiger partial charge is 0.222 e. The molecule has 0 aromatic carbocycles. The molecular weight excluding hydrogens is 290 g/mol. The average molecular weight is 310 g/mol. The van der Waals surface area contributed by atoms with E-state index in [-0.39, 0.29) is 5.91 Å². The van der Waals surface area contributed by atoms with Gasteiger partial charge in [-0.2, -0.15) is 10.2 Å². The van der Waals surface area contributed by atoms with Crippen molar-refractivity contribution in [3.05, 3.63) is 34.4 Å². The van der Waals surface area contributed by atoms with Crippen molar-refractivity contribution in [1.82, 2.24) is 24.9 Å². The third-order valence-corrected chi connectivity index (χ3v) is 3.89. The largest absolute Gasteiger partial charge is 0.352 e. The van der Waals surface area contributed by atoms with Crippen molar-refractivity contribution in [1.29, 1.82) is 0 Å². The number of aromatic nitrogens is 4. The van der Waals surface area contributed by atoms with Crippen molar-refractivity contribution < 1.29 is 4.79 Å². The molecule has 0 aliphatic heterocycles. The predicted octanol–water partition coefficient (Wildman–Crippen LogP) is 2.08. The number of rotatable bonds is 6. The van der Waals surface area contributed by atoms with Crippen LogP contribution in [0.2, 0.25) is 5.02 Å². The molecule has 21 heavy (non-hydrogen) atoms. The third kappa shape index (κ3) is 3.85. The number of halogens is 1. The van der Waals surface area contributed by atoms with Gasteiger partial charge in [-0.05, 0) is 20.8 Å². The molecule has 0 radical (unpaired) electrons. The van der Waals surface area contributed by atoms with Crippen LogP contribution in [0.5, 0.6) is 0 Å². The molecule has 114 valence electrons. The Kier molecular flexibility index (Phi) is 5.01. The molecule has 7 heteroatoms. The van der Waals surface area contributed by atoms with Crippen LogP contribution in [-0.2, 0) is 24.4 Å². The van der Waals surface area contributed by atoms with Crippen LogP contribution in [0.25, 0.3) is 0 Å². The quantitative estimate of drug-likeness (QED) is 0.888. The molecule has 0 saturated carbocycles. The van der Waals surface area contributed by atoms with E-state index in [9.17, 15) is 4.79 Å². The molecule has 0 spiro atoms. The lowest BCUT2D eigenvalue weighted by atomic mass is 10.3. The zero-order valence-electron chi connectivity index (χ0n) is 12.6. The van der Waals surface area contributed by atoms with Crippen molar-refractivity contribution in [3.8, 4) is 0 Å². The number of aryl methyl sites for hydroxylation is 3. The van der Waals surface area contributed by atoms with E-state index in [0.29, 0.717) is 24.5 Å². The number of nitrogens with zero attached hydrogens (tertiary/aromatic N) is 4. The maximum atomic E-state index is 11.9. The second-order valence-electron chi connectivity index (χ2n) is 4.94. The first-order valence-electron chi connectivity index (χ1n) is 6.98. The normalized spacial score (nSPS) is 10.9. The molecule has 0 aliphatic rings. The van der Waals surface area contributed by atoms with E-state index in [1.165, 1.54) is 0 Å². The molecule has 2 rings (SSSR count). The fourth-order valence-electron chi connectivity index (χ4n) is 2.06. The number of carbonyl (C=O) groups excluding carboxylic acids is 1. The number of amides is 1. The highest BCUT2D eigenvalue weighted by Crippen LogP contribution is 2.18. The predicted molar refractivity (Wildman–Crippen MR) is 81.1 cm³/mol. The van der Waals surface area contributed by atoms with Crippen LogP contribution in [-0.4, -0.2) is 25.5 Å². The molecular formula is C14H20ClN5O. The minimum absolute atomic E-state index is 0.0112. The van der Waals surface area contributed by atoms with Crippen molar-refractivity contribution in [3.63, 3.8) is 0 Å². The number of carbonyl (C=O) groups is 1. The van der Waals surface area contributed by atoms with Gasteiger partial charge in [-0.1, -0.05) is 11.6 Å². The van der Waals surface area contributed by atoms with Crippen LogP contribution < -0.4 is 5.32 Å². The zero-order chi connectivity index (χ0) is 15.4. The summed E-state index contributed by atoms with van der Waals surface area (Å²) < 4.78 is 3.60. The molecule has 2 heterocycles. The monoisotopic (exact) mass is 309 g/mol. The number of nitrogens with one attached hydrogen (secondary N) is 1. The van der Waals surface area contributed by atoms with Crippen LogP contribution in [0.4, 0.5) is 0 Å². The summed E-state index contributed by atoms with van der Waals surface area (Å²) in [7, 11) is 0. The van der Waals surface area contributed by atoms with E-state index in [0.717, 1.165) is 23.5 Å². The Morgan fingerprint density at radius 2 is 2.19 bits per heavy atom. The van der Waals surface area contributed by atoms with Crippen LogP contribution in [0.3, 0.4) is 0 Å². The van der Waals surface area contributed by atoms with E-state index in [1.54, 1.807) is 10.9 Å². The molecule has 0 fully saturated rings. The minimum atomic E-state index is -0.0112. The van der Waals surface area contributed by atoms with Crippen LogP contribution in [0.1, 0.15) is 30.3 Å². The maximum absolute atomic E-state index is 11.9. The van der Waals surface area contributed by atoms with Gasteiger partial charge in [-0.15, -0.1) is 0 Å². The molecule has 0 atom stereocenters. The van der Waals surface area contributed by atoms with Crippen LogP contribution in [0, 0.1) is 13.8 Å². The van der Waals surface area contributed by atoms with Crippen molar-refractivity contribution in [2.24, 2.45) is 0 Å². The Morgan fingerprint density at radius 1 is 1.43 bits per heavy atom. The third-order valence-electron chi connectivity index (χ3n) is 3.34. The van der Waals surface area contributed by atoms with Gasteiger partial charge in [0.2, 0.25) is 5.91 Å². The molecule has 2 aromatic rings. The van der Waals surface area contributed by atoms with Gasteiger partial charge in [0.05, 0.1) is 29.2 Å². The first-order valence-corrected chi connectivity index (χ1v) is 7.36. The first-order chi connectivity index (χ1) is 10.0. The summed E-state index contributed by atoms with van der Waals surface area (Å²) in [5.74, 6) is -0.0112. The topological polar surface area (TPSA) is 64.7 Å². The Bertz CT molecular complexity index is 631. The summed E-state index contributed by atoms with van der Waals surface area (Å²) in [6.45, 7) is 7.63. The van der Waals surface area contributed by atoms with Gasteiger partial charge in [0.1, 0.15) is 0 Å². The highest BCUT2D eigenvalue weighted by molar-refractivity contribution is 6.31. The standard InChI is InChI=1S/C14H20ClN5O/c1-4-19-9-12(8-17-19)7-16-13(21)5-6-20-11(3)14(15)10(2)18-20/h8-9H,4-7H2,1-3H3,(H,16,21). The Hall–Kier alpha value is -1.82. The Morgan fingerprint density at radius 3 is 2.76 bits per heavy atom. The maximum Gasteiger partial charge on any atom is 0.222 e. The molecule has 0 unspecified atom stereocenters. The van der Waals surface area contributed by atoms with Gasteiger partial charge in [-0.3, -0.25) is 14.2 Å². The van der Waals surface area contributed by atoms with E-state index < -0.39 is 0 Å². The summed E-state index contributed by atoms with van der Waals surface area (Å²) in [6.07, 6.45) is 4.08. The molecule has 2 aromatic heterocycles. The highest BCUT2D eigenvalue weighted by Gasteiger charge is 2.10. The SMILES string of the molecule is CCn1cc(CNC(=O)CCn2nc(C)c(Cl)c2C)cn1. The van der Waals surface area contributed by atoms with Gasteiger partial charge in [0, 0.05) is 31.3 Å². The van der Waals surface area contributed by atoms with Crippen molar-refractivity contribution >= 4 is 17.5 Å². The summed E-state index contributed by atoms with van der Waals surface area (Å²) in [5, 5.41) is 12.0. The summed E-state index contributed by atoms with van der Waals surface area (Å²) in [5.41, 5.74) is 2.69. The summed E-state index contributed by atoms with van der Waals surface area (Å²) in [4.78, 5) is 11.9. The van der Waals surface area contributed by atoms with E-state index in [4.69, 9.17) is 11.6 Å². The number of hydrogen-bond donors (Lipinski definition) is 1. The van der Waals surface area contributed by atoms with E-state index in [2.05, 4.69) is 15.5 Å². The van der Waals surface area contributed by atoms with Crippen LogP contribution in [0.15, 0.2) is 12.4 Å². The van der Waals surface area contributed by atoms with Gasteiger partial charge in [-0.25, -0.2) is 0 Å². The second-order valence-corrected chi connectivity index (χ2v) is 5.32. The molecule has 0 bridgehead atoms. The van der Waals surface area contributed by atoms with Crippen molar-refractivity contribution in [2.45, 2.75) is 46.8 Å². The van der Waals surface area contributed by atoms with Gasteiger partial charge >= 0.3 is 0 Å². The lowest BCUT2D eigenvalue weighted by Crippen LogP contribution is -2.24. The second kappa shape index (κ2) is 6.76. The molecule has 0 saturated heterocycles. The van der Waals surface area contributed by atoms with Gasteiger partial charge in [0.25, 0.3) is 0 Å². The Balaban J connectivity index is 1.80. The minimum Gasteiger partial charge on any atom is -0.352 e. The molecule has 0 aliphatic carbocycles. The van der Waals surface area contributed by atoms with E-state index >= 15 is 0 Å². The average Bonchev–Trinajstić information content (AvgIpc) is 3.03. The Labute approximate surface area is 129 Å². The van der Waals surface area contributed by atoms with Crippen LogP contribution >= 0.6 is 11.6 Å². The fourth-order valence-corrected chi connectivity index (χ4v) is 2.20.